The van der Waals surface area contributed by atoms with Gasteiger partial charge in [-0.3, -0.25) is 5.32 Å². The molecule has 0 aliphatic carbocycles. The molecule has 28 heavy (non-hydrogen) atoms. The Morgan fingerprint density at radius 3 is 2.75 bits per heavy atom. The summed E-state index contributed by atoms with van der Waals surface area (Å²) in [6.45, 7) is 2.03. The molecule has 0 unspecified atom stereocenters. The summed E-state index contributed by atoms with van der Waals surface area (Å²) < 4.78 is 0. The number of rotatable bonds is 3. The molecule has 1 aliphatic heterocycles. The van der Waals surface area contributed by atoms with Crippen LogP contribution in [-0.2, 0) is 0 Å². The molecule has 1 aliphatic rings. The molecule has 7 nitrogen and oxygen atoms in total. The molecule has 4 rings (SSSR count). The van der Waals surface area contributed by atoms with E-state index in [-0.39, 0.29) is 12.1 Å². The van der Waals surface area contributed by atoms with Gasteiger partial charge in [0, 0.05) is 36.4 Å². The van der Waals surface area contributed by atoms with Crippen molar-refractivity contribution in [1.82, 2.24) is 25.0 Å². The van der Waals surface area contributed by atoms with Crippen LogP contribution in [0.25, 0.3) is 22.0 Å². The van der Waals surface area contributed by atoms with E-state index in [4.69, 9.17) is 0 Å². The molecule has 1 fully saturated rings. The van der Waals surface area contributed by atoms with E-state index < -0.39 is 0 Å². The maximum Gasteiger partial charge on any atom is 0.323 e. The van der Waals surface area contributed by atoms with Gasteiger partial charge in [-0.05, 0) is 62.6 Å². The molecule has 1 saturated heterocycles. The number of carbonyl (C=O) groups excluding carboxylic acids is 1. The molecule has 0 radical (unpaired) electrons. The van der Waals surface area contributed by atoms with Crippen LogP contribution in [0.5, 0.6) is 0 Å². The molecule has 3 heterocycles. The lowest BCUT2D eigenvalue weighted by atomic mass is 10.0. The number of pyridine rings is 1. The monoisotopic (exact) mass is 376 g/mol. The third-order valence-electron chi connectivity index (χ3n) is 5.38. The molecule has 0 atom stereocenters. The highest BCUT2D eigenvalue weighted by Crippen LogP contribution is 2.24. The molecule has 144 valence electrons. The third kappa shape index (κ3) is 3.94. The van der Waals surface area contributed by atoms with E-state index in [1.165, 1.54) is 0 Å². The van der Waals surface area contributed by atoms with Gasteiger partial charge in [0.2, 0.25) is 0 Å². The summed E-state index contributed by atoms with van der Waals surface area (Å²) in [6.07, 6.45) is 5.42. The number of amides is 2. The van der Waals surface area contributed by atoms with Crippen molar-refractivity contribution >= 4 is 22.6 Å². The first kappa shape index (κ1) is 18.3. The van der Waals surface area contributed by atoms with Crippen molar-refractivity contribution in [1.29, 1.82) is 0 Å². The van der Waals surface area contributed by atoms with E-state index in [0.717, 1.165) is 48.0 Å². The summed E-state index contributed by atoms with van der Waals surface area (Å²) in [6, 6.07) is 11.9. The summed E-state index contributed by atoms with van der Waals surface area (Å²) >= 11 is 0. The SMILES string of the molecule is CN1CCC(N(C)C(=O)Nc2cc3cc(-c4cccnn4)ccc3cn2)CC1. The number of urea groups is 1. The minimum Gasteiger partial charge on any atom is -0.324 e. The van der Waals surface area contributed by atoms with E-state index in [0.29, 0.717) is 5.82 Å². The van der Waals surface area contributed by atoms with Gasteiger partial charge >= 0.3 is 6.03 Å². The predicted octanol–water partition coefficient (Wildman–Crippen LogP) is 3.25. The van der Waals surface area contributed by atoms with Crippen LogP contribution in [0.1, 0.15) is 12.8 Å². The second kappa shape index (κ2) is 7.90. The minimum absolute atomic E-state index is 0.119. The number of carbonyl (C=O) groups is 1. The van der Waals surface area contributed by atoms with Crippen molar-refractivity contribution in [2.75, 3.05) is 32.5 Å². The van der Waals surface area contributed by atoms with E-state index in [2.05, 4.69) is 32.4 Å². The average Bonchev–Trinajstić information content (AvgIpc) is 2.74. The van der Waals surface area contributed by atoms with Crippen LogP contribution in [0, 0.1) is 0 Å². The first-order valence-electron chi connectivity index (χ1n) is 9.50. The van der Waals surface area contributed by atoms with Gasteiger partial charge in [-0.25, -0.2) is 9.78 Å². The van der Waals surface area contributed by atoms with Crippen LogP contribution in [0.4, 0.5) is 10.6 Å². The summed E-state index contributed by atoms with van der Waals surface area (Å²) in [5.41, 5.74) is 1.79. The largest absolute Gasteiger partial charge is 0.324 e. The van der Waals surface area contributed by atoms with Gasteiger partial charge in [0.15, 0.2) is 0 Å². The zero-order valence-corrected chi connectivity index (χ0v) is 16.2. The second-order valence-electron chi connectivity index (χ2n) is 7.32. The molecule has 0 bridgehead atoms. The highest BCUT2D eigenvalue weighted by molar-refractivity contribution is 5.93. The van der Waals surface area contributed by atoms with Crippen LogP contribution >= 0.6 is 0 Å². The number of hydrogen-bond acceptors (Lipinski definition) is 5. The number of fused-ring (bicyclic) bond motifs is 1. The number of hydrogen-bond donors (Lipinski definition) is 1. The van der Waals surface area contributed by atoms with E-state index in [1.807, 2.05) is 43.4 Å². The van der Waals surface area contributed by atoms with Crippen molar-refractivity contribution in [3.05, 3.63) is 48.8 Å². The fraction of sp³-hybridized carbons (Fsp3) is 0.333. The molecule has 1 aromatic carbocycles. The van der Waals surface area contributed by atoms with Crippen molar-refractivity contribution < 1.29 is 4.79 Å². The lowest BCUT2D eigenvalue weighted by molar-refractivity contribution is 0.156. The molecule has 3 aromatic rings. The van der Waals surface area contributed by atoms with Crippen LogP contribution in [0.2, 0.25) is 0 Å². The molecular formula is C21H24N6O. The topological polar surface area (TPSA) is 74.2 Å². The van der Waals surface area contributed by atoms with Gasteiger partial charge in [0.05, 0.1) is 5.69 Å². The minimum atomic E-state index is -0.119. The quantitative estimate of drug-likeness (QED) is 0.759. The van der Waals surface area contributed by atoms with Gasteiger partial charge < -0.3 is 9.80 Å². The first-order valence-corrected chi connectivity index (χ1v) is 9.50. The van der Waals surface area contributed by atoms with Gasteiger partial charge in [-0.2, -0.15) is 10.2 Å². The Morgan fingerprint density at radius 2 is 2.00 bits per heavy atom. The Labute approximate surface area is 164 Å². The zero-order valence-electron chi connectivity index (χ0n) is 16.2. The van der Waals surface area contributed by atoms with Crippen molar-refractivity contribution in [2.45, 2.75) is 18.9 Å². The lowest BCUT2D eigenvalue weighted by Gasteiger charge is -2.34. The molecule has 0 spiro atoms. The van der Waals surface area contributed by atoms with Gasteiger partial charge in [-0.15, -0.1) is 0 Å². The molecule has 2 aromatic heterocycles. The standard InChI is InChI=1S/C21H24N6O/c1-26-10-7-18(8-11-26)27(2)21(28)24-20-13-17-12-15(5-6-16(17)14-22-20)19-4-3-9-23-25-19/h3-6,9,12-14,18H,7-8,10-11H2,1-2H3,(H,22,24,28). The predicted molar refractivity (Wildman–Crippen MR) is 110 cm³/mol. The maximum atomic E-state index is 12.7. The maximum absolute atomic E-state index is 12.7. The summed E-state index contributed by atoms with van der Waals surface area (Å²) in [5.74, 6) is 0.550. The number of aromatic nitrogens is 3. The van der Waals surface area contributed by atoms with E-state index >= 15 is 0 Å². The Kier molecular flexibility index (Phi) is 5.16. The molecule has 0 saturated carbocycles. The van der Waals surface area contributed by atoms with Crippen molar-refractivity contribution in [3.63, 3.8) is 0 Å². The lowest BCUT2D eigenvalue weighted by Crippen LogP contribution is -2.46. The van der Waals surface area contributed by atoms with E-state index in [1.54, 1.807) is 17.3 Å². The highest BCUT2D eigenvalue weighted by atomic mass is 16.2. The fourth-order valence-corrected chi connectivity index (χ4v) is 3.57. The Bertz CT molecular complexity index is 969. The smallest absolute Gasteiger partial charge is 0.323 e. The van der Waals surface area contributed by atoms with E-state index in [9.17, 15) is 4.79 Å². The first-order chi connectivity index (χ1) is 13.6. The number of piperidine rings is 1. The summed E-state index contributed by atoms with van der Waals surface area (Å²) in [7, 11) is 3.98. The summed E-state index contributed by atoms with van der Waals surface area (Å²) in [5, 5.41) is 13.0. The van der Waals surface area contributed by atoms with Crippen LogP contribution in [0.15, 0.2) is 48.8 Å². The van der Waals surface area contributed by atoms with Gasteiger partial charge in [0.1, 0.15) is 5.82 Å². The molecule has 7 heteroatoms. The molecule has 1 N–H and O–H groups in total. The average molecular weight is 376 g/mol. The number of likely N-dealkylation sites (tertiary alicyclic amines) is 1. The molecular weight excluding hydrogens is 352 g/mol. The highest BCUT2D eigenvalue weighted by Gasteiger charge is 2.24. The fourth-order valence-electron chi connectivity index (χ4n) is 3.57. The normalized spacial score (nSPS) is 15.5. The van der Waals surface area contributed by atoms with Crippen LogP contribution in [0.3, 0.4) is 0 Å². The Morgan fingerprint density at radius 1 is 1.18 bits per heavy atom. The zero-order chi connectivity index (χ0) is 19.5. The third-order valence-corrected chi connectivity index (χ3v) is 5.38. The number of anilines is 1. The van der Waals surface area contributed by atoms with Crippen LogP contribution in [-0.4, -0.2) is 64.2 Å². The van der Waals surface area contributed by atoms with Crippen molar-refractivity contribution in [3.8, 4) is 11.3 Å². The van der Waals surface area contributed by atoms with Crippen LogP contribution < -0.4 is 5.32 Å². The summed E-state index contributed by atoms with van der Waals surface area (Å²) in [4.78, 5) is 21.1. The Hall–Kier alpha value is -3.06. The van der Waals surface area contributed by atoms with Crippen molar-refractivity contribution in [2.24, 2.45) is 0 Å². The Balaban J connectivity index is 1.51. The number of benzene rings is 1. The number of nitrogens with zero attached hydrogens (tertiary/aromatic N) is 5. The molecule has 2 amide bonds. The second-order valence-corrected chi connectivity index (χ2v) is 7.32. The van der Waals surface area contributed by atoms with Gasteiger partial charge in [-0.1, -0.05) is 12.1 Å². The van der Waals surface area contributed by atoms with Gasteiger partial charge in [0.25, 0.3) is 0 Å². The number of nitrogens with one attached hydrogen (secondary N) is 1.